The first-order valence-electron chi connectivity index (χ1n) is 8.79. The number of benzene rings is 4. The third kappa shape index (κ3) is 3.81. The van der Waals surface area contributed by atoms with Crippen LogP contribution in [0.15, 0.2) is 97.1 Å². The maximum Gasteiger partial charge on any atom is 0.135 e. The second-order valence-electron chi connectivity index (χ2n) is 6.27. The smallest absolute Gasteiger partial charge is 0.135 e. The molecule has 0 heterocycles. The highest BCUT2D eigenvalue weighted by molar-refractivity contribution is 7.28. The lowest BCUT2D eigenvalue weighted by Gasteiger charge is -2.17. The molecule has 0 aliphatic heterocycles. The number of rotatable bonds is 4. The first-order chi connectivity index (χ1) is 13.2. The Morgan fingerprint density at radius 3 is 1.26 bits per heavy atom. The molecule has 0 aliphatic carbocycles. The van der Waals surface area contributed by atoms with Gasteiger partial charge < -0.3 is 4.74 Å². The van der Waals surface area contributed by atoms with Crippen molar-refractivity contribution in [3.05, 3.63) is 97.1 Å². The largest absolute Gasteiger partial charge is 0.456 e. The Kier molecular flexibility index (Phi) is 5.35. The summed E-state index contributed by atoms with van der Waals surface area (Å²) in [5.74, 6) is 1.70. The molecule has 0 spiro atoms. The quantitative estimate of drug-likeness (QED) is 0.402. The molecule has 0 amide bonds. The zero-order valence-electron chi connectivity index (χ0n) is 14.8. The van der Waals surface area contributed by atoms with E-state index in [0.717, 1.165) is 44.4 Å². The number of hydrogen-bond acceptors (Lipinski definition) is 1. The summed E-state index contributed by atoms with van der Waals surface area (Å²) in [4.78, 5) is 0. The van der Waals surface area contributed by atoms with Gasteiger partial charge >= 0.3 is 0 Å². The van der Waals surface area contributed by atoms with Crippen molar-refractivity contribution in [3.63, 3.8) is 0 Å². The molecule has 27 heavy (non-hydrogen) atoms. The average Bonchev–Trinajstić information content (AvgIpc) is 2.70. The summed E-state index contributed by atoms with van der Waals surface area (Å²) in [5.41, 5.74) is 4.47. The Morgan fingerprint density at radius 1 is 0.444 bits per heavy atom. The van der Waals surface area contributed by atoms with Crippen LogP contribution in [0, 0.1) is 0 Å². The highest BCUT2D eigenvalue weighted by atomic mass is 31.0. The van der Waals surface area contributed by atoms with Gasteiger partial charge in [0, 0.05) is 11.1 Å². The van der Waals surface area contributed by atoms with E-state index in [0.29, 0.717) is 0 Å². The van der Waals surface area contributed by atoms with E-state index in [9.17, 15) is 0 Å². The summed E-state index contributed by atoms with van der Waals surface area (Å²) in [6, 6.07) is 33.0. The predicted molar refractivity (Wildman–Crippen MR) is 123 cm³/mol. The third-order valence-corrected chi connectivity index (χ3v) is 5.42. The molecule has 4 aromatic carbocycles. The van der Waals surface area contributed by atoms with Crippen LogP contribution in [0.2, 0.25) is 0 Å². The molecule has 3 heteroatoms. The minimum atomic E-state index is 0.849. The van der Waals surface area contributed by atoms with Crippen molar-refractivity contribution in [2.75, 3.05) is 0 Å². The second-order valence-corrected chi connectivity index (χ2v) is 7.52. The van der Waals surface area contributed by atoms with Crippen molar-refractivity contribution in [3.8, 4) is 33.8 Å². The fraction of sp³-hybridized carbons (Fsp3) is 0. The first kappa shape index (κ1) is 17.9. The Morgan fingerprint density at radius 2 is 0.852 bits per heavy atom. The summed E-state index contributed by atoms with van der Waals surface area (Å²) in [6.45, 7) is 0. The van der Waals surface area contributed by atoms with Crippen molar-refractivity contribution < 1.29 is 4.74 Å². The van der Waals surface area contributed by atoms with E-state index in [1.165, 1.54) is 0 Å². The molecule has 4 rings (SSSR count). The standard InChI is InChI=1S/C24H20OP2/c26-21-15-7-13-19(23(21)17-9-3-1-4-10-17)25-20-14-8-16-22(27)24(20)18-11-5-2-6-12-18/h1-16H,26-27H2. The summed E-state index contributed by atoms with van der Waals surface area (Å²) in [7, 11) is 5.64. The van der Waals surface area contributed by atoms with Crippen molar-refractivity contribution in [1.82, 2.24) is 0 Å². The minimum Gasteiger partial charge on any atom is -0.456 e. The van der Waals surface area contributed by atoms with Gasteiger partial charge in [0.15, 0.2) is 0 Å². The fourth-order valence-corrected chi connectivity index (χ4v) is 4.05. The van der Waals surface area contributed by atoms with Crippen molar-refractivity contribution in [1.29, 1.82) is 0 Å². The van der Waals surface area contributed by atoms with Crippen molar-refractivity contribution in [2.45, 2.75) is 0 Å². The SMILES string of the molecule is Pc1cccc(Oc2cccc(P)c2-c2ccccc2)c1-c1ccccc1. The molecule has 0 fully saturated rings. The van der Waals surface area contributed by atoms with E-state index in [1.54, 1.807) is 0 Å². The average molecular weight is 386 g/mol. The molecule has 0 N–H and O–H groups in total. The Balaban J connectivity index is 1.84. The number of ether oxygens (including phenoxy) is 1. The van der Waals surface area contributed by atoms with E-state index >= 15 is 0 Å². The monoisotopic (exact) mass is 386 g/mol. The van der Waals surface area contributed by atoms with Crippen LogP contribution in [0.4, 0.5) is 0 Å². The zero-order chi connectivity index (χ0) is 18.6. The second kappa shape index (κ2) is 8.05. The lowest BCUT2D eigenvalue weighted by molar-refractivity contribution is 0.487. The van der Waals surface area contributed by atoms with Crippen LogP contribution < -0.4 is 15.3 Å². The summed E-state index contributed by atoms with van der Waals surface area (Å²) in [6.07, 6.45) is 0. The van der Waals surface area contributed by atoms with E-state index in [-0.39, 0.29) is 0 Å². The molecule has 2 unspecified atom stereocenters. The Labute approximate surface area is 164 Å². The van der Waals surface area contributed by atoms with Crippen LogP contribution >= 0.6 is 18.5 Å². The summed E-state index contributed by atoms with van der Waals surface area (Å²) >= 11 is 0. The lowest BCUT2D eigenvalue weighted by atomic mass is 10.0. The van der Waals surface area contributed by atoms with Crippen LogP contribution in [0.5, 0.6) is 11.5 Å². The topological polar surface area (TPSA) is 9.23 Å². The zero-order valence-corrected chi connectivity index (χ0v) is 17.1. The van der Waals surface area contributed by atoms with Crippen molar-refractivity contribution in [2.24, 2.45) is 0 Å². The molecule has 0 radical (unpaired) electrons. The fourth-order valence-electron chi connectivity index (χ4n) is 3.21. The van der Waals surface area contributed by atoms with Gasteiger partial charge in [-0.1, -0.05) is 84.9 Å². The van der Waals surface area contributed by atoms with Crippen LogP contribution in [0.25, 0.3) is 22.3 Å². The van der Waals surface area contributed by atoms with Gasteiger partial charge in [-0.3, -0.25) is 0 Å². The minimum absolute atomic E-state index is 0.849. The first-order valence-corrected chi connectivity index (χ1v) is 9.95. The molecule has 4 aromatic rings. The van der Waals surface area contributed by atoms with Gasteiger partial charge in [0.2, 0.25) is 0 Å². The molecular weight excluding hydrogens is 366 g/mol. The predicted octanol–water partition coefficient (Wildman–Crippen LogP) is 5.81. The van der Waals surface area contributed by atoms with Gasteiger partial charge in [-0.25, -0.2) is 0 Å². The maximum atomic E-state index is 6.48. The van der Waals surface area contributed by atoms with Crippen LogP contribution in [0.3, 0.4) is 0 Å². The van der Waals surface area contributed by atoms with E-state index in [4.69, 9.17) is 4.74 Å². The van der Waals surface area contributed by atoms with Crippen molar-refractivity contribution >= 4 is 29.1 Å². The molecule has 0 aromatic heterocycles. The van der Waals surface area contributed by atoms with Crippen LogP contribution in [0.1, 0.15) is 0 Å². The molecule has 1 nitrogen and oxygen atoms in total. The van der Waals surface area contributed by atoms with Gasteiger partial charge in [-0.2, -0.15) is 0 Å². The van der Waals surface area contributed by atoms with Gasteiger partial charge in [0.25, 0.3) is 0 Å². The van der Waals surface area contributed by atoms with Gasteiger partial charge in [-0.05, 0) is 33.9 Å². The Bertz CT molecular complexity index is 973. The number of hydrogen-bond donors (Lipinski definition) is 0. The Hall–Kier alpha value is -2.46. The van der Waals surface area contributed by atoms with Crippen LogP contribution in [-0.4, -0.2) is 0 Å². The third-order valence-electron chi connectivity index (χ3n) is 4.46. The molecule has 0 bridgehead atoms. The van der Waals surface area contributed by atoms with Gasteiger partial charge in [-0.15, -0.1) is 18.5 Å². The molecule has 132 valence electrons. The van der Waals surface area contributed by atoms with E-state index < -0.39 is 0 Å². The summed E-state index contributed by atoms with van der Waals surface area (Å²) in [5, 5.41) is 2.23. The molecule has 2 atom stereocenters. The van der Waals surface area contributed by atoms with E-state index in [2.05, 4.69) is 79.1 Å². The maximum absolute atomic E-state index is 6.48. The van der Waals surface area contributed by atoms with E-state index in [1.807, 2.05) is 36.4 Å². The highest BCUT2D eigenvalue weighted by Gasteiger charge is 2.14. The molecule has 0 saturated carbocycles. The molecular formula is C24H20OP2. The normalized spacial score (nSPS) is 10.6. The van der Waals surface area contributed by atoms with Crippen LogP contribution in [-0.2, 0) is 0 Å². The molecule has 0 saturated heterocycles. The summed E-state index contributed by atoms with van der Waals surface area (Å²) < 4.78 is 6.48. The molecule has 0 aliphatic rings. The van der Waals surface area contributed by atoms with Gasteiger partial charge in [0.05, 0.1) is 0 Å². The lowest BCUT2D eigenvalue weighted by Crippen LogP contribution is -2.03. The highest BCUT2D eigenvalue weighted by Crippen LogP contribution is 2.37. The van der Waals surface area contributed by atoms with Gasteiger partial charge in [0.1, 0.15) is 11.5 Å².